The van der Waals surface area contributed by atoms with E-state index in [2.05, 4.69) is 48.6 Å². The molecule has 0 aliphatic heterocycles. The van der Waals surface area contributed by atoms with E-state index in [1.807, 2.05) is 23.9 Å². The van der Waals surface area contributed by atoms with E-state index in [4.69, 9.17) is 4.74 Å². The van der Waals surface area contributed by atoms with Gasteiger partial charge in [-0.3, -0.25) is 0 Å². The lowest BCUT2D eigenvalue weighted by molar-refractivity contribution is 0.414. The van der Waals surface area contributed by atoms with E-state index in [1.165, 1.54) is 16.0 Å². The zero-order chi connectivity index (χ0) is 14.2. The molecule has 2 rings (SSSR count). The van der Waals surface area contributed by atoms with Crippen molar-refractivity contribution >= 4 is 11.8 Å². The van der Waals surface area contributed by atoms with Gasteiger partial charge in [-0.15, -0.1) is 11.8 Å². The number of hydrogen-bond donors (Lipinski definition) is 1. The van der Waals surface area contributed by atoms with Crippen LogP contribution in [0.4, 0.5) is 0 Å². The van der Waals surface area contributed by atoms with Crippen LogP contribution in [-0.2, 0) is 12.3 Å². The lowest BCUT2D eigenvalue weighted by Crippen LogP contribution is -2.11. The Balaban J connectivity index is 1.92. The summed E-state index contributed by atoms with van der Waals surface area (Å²) in [7, 11) is 1.69. The van der Waals surface area contributed by atoms with E-state index >= 15 is 0 Å². The highest BCUT2D eigenvalue weighted by Crippen LogP contribution is 2.24. The molecule has 0 amide bonds. The lowest BCUT2D eigenvalue weighted by Gasteiger charge is -2.06. The van der Waals surface area contributed by atoms with Gasteiger partial charge in [-0.1, -0.05) is 31.2 Å². The number of rotatable bonds is 7. The zero-order valence-corrected chi connectivity index (χ0v) is 12.9. The third-order valence-corrected chi connectivity index (χ3v) is 4.11. The van der Waals surface area contributed by atoms with Crippen LogP contribution in [0.2, 0.25) is 0 Å². The molecule has 0 unspecified atom stereocenters. The van der Waals surface area contributed by atoms with Gasteiger partial charge in [-0.2, -0.15) is 0 Å². The molecular formula is C17H21NOS. The van der Waals surface area contributed by atoms with E-state index in [1.54, 1.807) is 7.11 Å². The van der Waals surface area contributed by atoms with E-state index in [9.17, 15) is 0 Å². The predicted molar refractivity (Wildman–Crippen MR) is 86.4 cm³/mol. The summed E-state index contributed by atoms with van der Waals surface area (Å²) >= 11 is 1.87. The molecule has 0 spiro atoms. The van der Waals surface area contributed by atoms with Crippen LogP contribution < -0.4 is 10.1 Å². The second-order valence-electron chi connectivity index (χ2n) is 4.56. The van der Waals surface area contributed by atoms with Crippen molar-refractivity contribution in [1.82, 2.24) is 5.32 Å². The highest BCUT2D eigenvalue weighted by atomic mass is 32.2. The highest BCUT2D eigenvalue weighted by Gasteiger charge is 1.99. The molecule has 0 radical (unpaired) electrons. The van der Waals surface area contributed by atoms with Crippen molar-refractivity contribution in [3.05, 3.63) is 59.7 Å². The van der Waals surface area contributed by atoms with E-state index in [0.29, 0.717) is 0 Å². The summed E-state index contributed by atoms with van der Waals surface area (Å²) in [5.74, 6) is 1.89. The summed E-state index contributed by atoms with van der Waals surface area (Å²) in [5, 5.41) is 3.36. The molecule has 0 saturated heterocycles. The summed E-state index contributed by atoms with van der Waals surface area (Å²) in [5.41, 5.74) is 2.65. The molecule has 0 aromatic heterocycles. The number of ether oxygens (including phenoxy) is 1. The topological polar surface area (TPSA) is 21.3 Å². The van der Waals surface area contributed by atoms with Gasteiger partial charge in [-0.05, 0) is 41.9 Å². The fraction of sp³-hybridized carbons (Fsp3) is 0.294. The first kappa shape index (κ1) is 14.9. The van der Waals surface area contributed by atoms with Gasteiger partial charge in [0, 0.05) is 17.2 Å². The van der Waals surface area contributed by atoms with Gasteiger partial charge < -0.3 is 10.1 Å². The number of nitrogens with one attached hydrogen (secondary N) is 1. The minimum Gasteiger partial charge on any atom is -0.497 e. The number of methoxy groups -OCH3 is 1. The van der Waals surface area contributed by atoms with Crippen LogP contribution in [0.1, 0.15) is 18.1 Å². The van der Waals surface area contributed by atoms with Crippen molar-refractivity contribution in [1.29, 1.82) is 0 Å². The zero-order valence-electron chi connectivity index (χ0n) is 12.1. The van der Waals surface area contributed by atoms with Crippen LogP contribution in [0.15, 0.2) is 53.4 Å². The molecule has 20 heavy (non-hydrogen) atoms. The Kier molecular flexibility index (Phi) is 5.96. The summed E-state index contributed by atoms with van der Waals surface area (Å²) in [6, 6.07) is 17.0. The standard InChI is InChI=1S/C17H21NOS/c1-3-18-12-15-5-4-6-17(11-15)20-13-14-7-9-16(19-2)10-8-14/h4-11,18H,3,12-13H2,1-2H3. The van der Waals surface area contributed by atoms with E-state index < -0.39 is 0 Å². The molecule has 106 valence electrons. The maximum atomic E-state index is 5.17. The van der Waals surface area contributed by atoms with Crippen LogP contribution in [-0.4, -0.2) is 13.7 Å². The van der Waals surface area contributed by atoms with Crippen molar-refractivity contribution in [3.8, 4) is 5.75 Å². The Labute approximate surface area is 125 Å². The molecule has 0 fully saturated rings. The average Bonchev–Trinajstić information content (AvgIpc) is 2.52. The van der Waals surface area contributed by atoms with E-state index in [0.717, 1.165) is 24.6 Å². The van der Waals surface area contributed by atoms with Gasteiger partial charge in [0.15, 0.2) is 0 Å². The molecule has 2 aromatic carbocycles. The quantitative estimate of drug-likeness (QED) is 0.775. The Hall–Kier alpha value is -1.45. The van der Waals surface area contributed by atoms with Gasteiger partial charge in [0.25, 0.3) is 0 Å². The molecule has 0 atom stereocenters. The summed E-state index contributed by atoms with van der Waals surface area (Å²) in [6.07, 6.45) is 0. The number of thioether (sulfide) groups is 1. The minimum absolute atomic E-state index is 0.909. The normalized spacial score (nSPS) is 10.5. The van der Waals surface area contributed by atoms with Gasteiger partial charge in [0.1, 0.15) is 5.75 Å². The molecule has 0 bridgehead atoms. The SMILES string of the molecule is CCNCc1cccc(SCc2ccc(OC)cc2)c1. The predicted octanol–water partition coefficient (Wildman–Crippen LogP) is 4.10. The maximum absolute atomic E-state index is 5.17. The molecular weight excluding hydrogens is 266 g/mol. The third-order valence-electron chi connectivity index (χ3n) is 3.04. The van der Waals surface area contributed by atoms with Crippen LogP contribution in [0.25, 0.3) is 0 Å². The minimum atomic E-state index is 0.909. The molecule has 0 saturated carbocycles. The Morgan fingerprint density at radius 3 is 2.55 bits per heavy atom. The van der Waals surface area contributed by atoms with Crippen LogP contribution in [0.3, 0.4) is 0 Å². The van der Waals surface area contributed by atoms with Crippen molar-refractivity contribution in [2.45, 2.75) is 24.1 Å². The second kappa shape index (κ2) is 7.98. The van der Waals surface area contributed by atoms with Gasteiger partial charge in [0.2, 0.25) is 0 Å². The third kappa shape index (κ3) is 4.58. The lowest BCUT2D eigenvalue weighted by atomic mass is 10.2. The monoisotopic (exact) mass is 287 g/mol. The summed E-state index contributed by atoms with van der Waals surface area (Å²) in [6.45, 7) is 4.07. The fourth-order valence-corrected chi connectivity index (χ4v) is 2.84. The van der Waals surface area contributed by atoms with Crippen molar-refractivity contribution in [3.63, 3.8) is 0 Å². The Bertz CT molecular complexity index is 525. The van der Waals surface area contributed by atoms with Gasteiger partial charge in [0.05, 0.1) is 7.11 Å². The summed E-state index contributed by atoms with van der Waals surface area (Å²) in [4.78, 5) is 1.32. The van der Waals surface area contributed by atoms with E-state index in [-0.39, 0.29) is 0 Å². The van der Waals surface area contributed by atoms with Crippen molar-refractivity contribution in [2.75, 3.05) is 13.7 Å². The molecule has 0 aliphatic rings. The van der Waals surface area contributed by atoms with Crippen LogP contribution in [0.5, 0.6) is 5.75 Å². The fourth-order valence-electron chi connectivity index (χ4n) is 1.90. The van der Waals surface area contributed by atoms with Crippen LogP contribution >= 0.6 is 11.8 Å². The van der Waals surface area contributed by atoms with Crippen molar-refractivity contribution in [2.24, 2.45) is 0 Å². The largest absolute Gasteiger partial charge is 0.497 e. The first-order chi connectivity index (χ1) is 9.81. The van der Waals surface area contributed by atoms with Crippen LogP contribution in [0, 0.1) is 0 Å². The van der Waals surface area contributed by atoms with Crippen molar-refractivity contribution < 1.29 is 4.74 Å². The molecule has 1 N–H and O–H groups in total. The smallest absolute Gasteiger partial charge is 0.118 e. The maximum Gasteiger partial charge on any atom is 0.118 e. The molecule has 3 heteroatoms. The molecule has 0 heterocycles. The number of benzene rings is 2. The first-order valence-electron chi connectivity index (χ1n) is 6.87. The summed E-state index contributed by atoms with van der Waals surface area (Å²) < 4.78 is 5.17. The molecule has 0 aliphatic carbocycles. The highest BCUT2D eigenvalue weighted by molar-refractivity contribution is 7.98. The number of hydrogen-bond acceptors (Lipinski definition) is 3. The van der Waals surface area contributed by atoms with Gasteiger partial charge >= 0.3 is 0 Å². The first-order valence-corrected chi connectivity index (χ1v) is 7.85. The Morgan fingerprint density at radius 2 is 1.85 bits per heavy atom. The molecule has 2 nitrogen and oxygen atoms in total. The van der Waals surface area contributed by atoms with Gasteiger partial charge in [-0.25, -0.2) is 0 Å². The molecule has 2 aromatic rings. The Morgan fingerprint density at radius 1 is 1.05 bits per heavy atom. The second-order valence-corrected chi connectivity index (χ2v) is 5.61. The average molecular weight is 287 g/mol.